The molecule has 1 atom stereocenters. The topological polar surface area (TPSA) is 60.9 Å². The maximum absolute atomic E-state index is 12.5. The van der Waals surface area contributed by atoms with Gasteiger partial charge in [-0.2, -0.15) is 0 Å². The molecule has 0 saturated carbocycles. The molecule has 27 heavy (non-hydrogen) atoms. The van der Waals surface area contributed by atoms with E-state index in [1.165, 1.54) is 5.56 Å². The second-order valence-electron chi connectivity index (χ2n) is 7.00. The highest BCUT2D eigenvalue weighted by molar-refractivity contribution is 5.94. The smallest absolute Gasteiger partial charge is 0.255 e. The molecule has 2 aromatic rings. The van der Waals surface area contributed by atoms with E-state index in [0.29, 0.717) is 44.4 Å². The molecule has 1 amide bonds. The highest BCUT2D eigenvalue weighted by atomic mass is 16.5. The van der Waals surface area contributed by atoms with Crippen LogP contribution in [0.5, 0.6) is 11.5 Å². The molecule has 1 aromatic heterocycles. The van der Waals surface area contributed by atoms with Crippen molar-refractivity contribution < 1.29 is 19.0 Å². The molecule has 0 aliphatic carbocycles. The van der Waals surface area contributed by atoms with E-state index in [4.69, 9.17) is 14.2 Å². The van der Waals surface area contributed by atoms with Crippen molar-refractivity contribution in [3.63, 3.8) is 0 Å². The van der Waals surface area contributed by atoms with E-state index in [0.717, 1.165) is 30.0 Å². The van der Waals surface area contributed by atoms with Gasteiger partial charge in [0.15, 0.2) is 0 Å². The summed E-state index contributed by atoms with van der Waals surface area (Å²) in [5, 5.41) is 0. The minimum Gasteiger partial charge on any atom is -0.497 e. The lowest BCUT2D eigenvalue weighted by atomic mass is 9.92. The second kappa shape index (κ2) is 7.96. The predicted molar refractivity (Wildman–Crippen MR) is 100 cm³/mol. The number of aromatic nitrogens is 1. The number of hydrogen-bond acceptors (Lipinski definition) is 5. The third-order valence-corrected chi connectivity index (χ3v) is 5.13. The van der Waals surface area contributed by atoms with Crippen LogP contribution in [0.1, 0.15) is 21.6 Å². The Balaban J connectivity index is 1.38. The summed E-state index contributed by atoms with van der Waals surface area (Å²) in [6.07, 6.45) is 3.47. The van der Waals surface area contributed by atoms with E-state index in [1.54, 1.807) is 13.3 Å². The van der Waals surface area contributed by atoms with E-state index in [2.05, 4.69) is 11.1 Å². The molecule has 6 nitrogen and oxygen atoms in total. The quantitative estimate of drug-likeness (QED) is 0.829. The third kappa shape index (κ3) is 4.06. The van der Waals surface area contributed by atoms with Crippen LogP contribution in [0.3, 0.4) is 0 Å². The van der Waals surface area contributed by atoms with Gasteiger partial charge in [-0.25, -0.2) is 0 Å². The van der Waals surface area contributed by atoms with Crippen LogP contribution in [0.25, 0.3) is 0 Å². The van der Waals surface area contributed by atoms with Crippen molar-refractivity contribution >= 4 is 5.91 Å². The highest BCUT2D eigenvalue weighted by Crippen LogP contribution is 2.32. The van der Waals surface area contributed by atoms with Gasteiger partial charge in [-0.05, 0) is 36.6 Å². The van der Waals surface area contributed by atoms with Gasteiger partial charge >= 0.3 is 0 Å². The Morgan fingerprint density at radius 1 is 1.26 bits per heavy atom. The van der Waals surface area contributed by atoms with Crippen LogP contribution < -0.4 is 9.47 Å². The summed E-state index contributed by atoms with van der Waals surface area (Å²) in [5.74, 6) is 2.12. The van der Waals surface area contributed by atoms with Gasteiger partial charge < -0.3 is 19.1 Å². The van der Waals surface area contributed by atoms with E-state index >= 15 is 0 Å². The number of rotatable bonds is 4. The van der Waals surface area contributed by atoms with Gasteiger partial charge in [-0.15, -0.1) is 0 Å². The van der Waals surface area contributed by atoms with Gasteiger partial charge in [0.05, 0.1) is 32.5 Å². The van der Waals surface area contributed by atoms with Gasteiger partial charge in [0, 0.05) is 37.0 Å². The standard InChI is InChI=1S/C21H24N2O4/c1-25-19-5-3-16-10-15(14-27-20(16)12-19)11-18-4-2-17(13-22-18)21(24)23-6-8-26-9-7-23/h2-5,12-13,15H,6-11,14H2,1H3/t15-/m1/s1. The molecular weight excluding hydrogens is 344 g/mol. The van der Waals surface area contributed by atoms with Crippen molar-refractivity contribution in [2.75, 3.05) is 40.0 Å². The number of carbonyl (C=O) groups excluding carboxylic acids is 1. The molecule has 3 heterocycles. The number of carbonyl (C=O) groups is 1. The number of pyridine rings is 1. The molecule has 6 heteroatoms. The summed E-state index contributed by atoms with van der Waals surface area (Å²) < 4.78 is 16.5. The molecule has 0 radical (unpaired) electrons. The number of morpholine rings is 1. The molecule has 142 valence electrons. The molecule has 2 aliphatic heterocycles. The second-order valence-corrected chi connectivity index (χ2v) is 7.00. The number of fused-ring (bicyclic) bond motifs is 1. The zero-order chi connectivity index (χ0) is 18.6. The maximum atomic E-state index is 12.5. The lowest BCUT2D eigenvalue weighted by Gasteiger charge is -2.27. The van der Waals surface area contributed by atoms with Crippen LogP contribution in [-0.2, 0) is 17.6 Å². The molecule has 1 aromatic carbocycles. The fraction of sp³-hybridized carbons (Fsp3) is 0.429. The number of hydrogen-bond donors (Lipinski definition) is 0. The van der Waals surface area contributed by atoms with Crippen molar-refractivity contribution in [3.8, 4) is 11.5 Å². The predicted octanol–water partition coefficient (Wildman–Crippen LogP) is 2.36. The van der Waals surface area contributed by atoms with Crippen molar-refractivity contribution in [3.05, 3.63) is 53.3 Å². The van der Waals surface area contributed by atoms with E-state index in [9.17, 15) is 4.79 Å². The average molecular weight is 368 g/mol. The summed E-state index contributed by atoms with van der Waals surface area (Å²) in [4.78, 5) is 18.8. The van der Waals surface area contributed by atoms with Crippen molar-refractivity contribution in [2.24, 2.45) is 5.92 Å². The van der Waals surface area contributed by atoms with Crippen molar-refractivity contribution in [1.29, 1.82) is 0 Å². The van der Waals surface area contributed by atoms with Crippen LogP contribution in [-0.4, -0.2) is 55.8 Å². The number of methoxy groups -OCH3 is 1. The SMILES string of the molecule is COc1ccc2c(c1)OC[C@@H](Cc1ccc(C(=O)N3CCOCC3)cn1)C2. The molecule has 4 rings (SSSR count). The Labute approximate surface area is 159 Å². The number of benzene rings is 1. The van der Waals surface area contributed by atoms with Crippen molar-refractivity contribution in [1.82, 2.24) is 9.88 Å². The van der Waals surface area contributed by atoms with E-state index < -0.39 is 0 Å². The lowest BCUT2D eigenvalue weighted by molar-refractivity contribution is 0.0302. The minimum absolute atomic E-state index is 0.0289. The Kier molecular flexibility index (Phi) is 5.25. The van der Waals surface area contributed by atoms with Gasteiger partial charge in [0.1, 0.15) is 11.5 Å². The average Bonchev–Trinajstić information content (AvgIpc) is 2.74. The largest absolute Gasteiger partial charge is 0.497 e. The van der Waals surface area contributed by atoms with E-state index in [-0.39, 0.29) is 5.91 Å². The minimum atomic E-state index is 0.0289. The Bertz CT molecular complexity index is 800. The third-order valence-electron chi connectivity index (χ3n) is 5.13. The molecule has 0 N–H and O–H groups in total. The molecule has 1 fully saturated rings. The normalized spacial score (nSPS) is 19.1. The number of amides is 1. The fourth-order valence-electron chi connectivity index (χ4n) is 3.59. The molecular formula is C21H24N2O4. The van der Waals surface area contributed by atoms with Gasteiger partial charge in [0.25, 0.3) is 5.91 Å². The molecule has 1 saturated heterocycles. The zero-order valence-corrected chi connectivity index (χ0v) is 15.5. The lowest BCUT2D eigenvalue weighted by Crippen LogP contribution is -2.40. The zero-order valence-electron chi connectivity index (χ0n) is 15.5. The van der Waals surface area contributed by atoms with Crippen LogP contribution in [0, 0.1) is 5.92 Å². The number of ether oxygens (including phenoxy) is 3. The summed E-state index contributed by atoms with van der Waals surface area (Å²) >= 11 is 0. The molecule has 2 aliphatic rings. The van der Waals surface area contributed by atoms with Gasteiger partial charge in [-0.3, -0.25) is 9.78 Å². The Morgan fingerprint density at radius 3 is 2.85 bits per heavy atom. The van der Waals surface area contributed by atoms with E-state index in [1.807, 2.05) is 29.2 Å². The maximum Gasteiger partial charge on any atom is 0.255 e. The Morgan fingerprint density at radius 2 is 2.11 bits per heavy atom. The molecule has 0 bridgehead atoms. The first-order chi connectivity index (χ1) is 13.2. The van der Waals surface area contributed by atoms with Crippen LogP contribution in [0.4, 0.5) is 0 Å². The van der Waals surface area contributed by atoms with Crippen molar-refractivity contribution in [2.45, 2.75) is 12.8 Å². The Hall–Kier alpha value is -2.60. The van der Waals surface area contributed by atoms with Crippen LogP contribution in [0.15, 0.2) is 36.5 Å². The first-order valence-electron chi connectivity index (χ1n) is 9.34. The first-order valence-corrected chi connectivity index (χ1v) is 9.34. The number of nitrogens with zero attached hydrogens (tertiary/aromatic N) is 2. The first kappa shape index (κ1) is 17.8. The van der Waals surface area contributed by atoms with Crippen LogP contribution in [0.2, 0.25) is 0 Å². The summed E-state index contributed by atoms with van der Waals surface area (Å²) in [6.45, 7) is 3.16. The molecule has 0 spiro atoms. The highest BCUT2D eigenvalue weighted by Gasteiger charge is 2.22. The van der Waals surface area contributed by atoms with Gasteiger partial charge in [-0.1, -0.05) is 6.07 Å². The fourth-order valence-corrected chi connectivity index (χ4v) is 3.59. The van der Waals surface area contributed by atoms with Gasteiger partial charge in [0.2, 0.25) is 0 Å². The summed E-state index contributed by atoms with van der Waals surface area (Å²) in [5.41, 5.74) is 2.82. The van der Waals surface area contributed by atoms with Crippen LogP contribution >= 0.6 is 0 Å². The summed E-state index contributed by atoms with van der Waals surface area (Å²) in [6, 6.07) is 9.81. The molecule has 0 unspecified atom stereocenters. The summed E-state index contributed by atoms with van der Waals surface area (Å²) in [7, 11) is 1.66. The monoisotopic (exact) mass is 368 g/mol.